The van der Waals surface area contributed by atoms with Crippen molar-refractivity contribution in [2.24, 2.45) is 17.8 Å². The number of rotatable bonds is 7. The molecule has 0 saturated heterocycles. The summed E-state index contributed by atoms with van der Waals surface area (Å²) < 4.78 is 18.8. The Labute approximate surface area is 165 Å². The van der Waals surface area contributed by atoms with Gasteiger partial charge >= 0.3 is 5.97 Å². The lowest BCUT2D eigenvalue weighted by Crippen LogP contribution is -2.32. The number of esters is 1. The first kappa shape index (κ1) is 21.7. The summed E-state index contributed by atoms with van der Waals surface area (Å²) in [4.78, 5) is 46.6. The standard InChI is InChI=1S/C18H20ClFN2O6/c1-9-5-16(23)12(13(9)8-22(26)27)7-17(24)28-10(2)18(25)21-15-4-3-11(19)6-14(15)20/h3-4,6,9-10,12-13H,5,7-8H2,1-2H3,(H,21,25)/t9-,10+,12+,13-/m1/s1. The average Bonchev–Trinajstić information content (AvgIpc) is 2.83. The first-order valence-electron chi connectivity index (χ1n) is 8.68. The average molecular weight is 415 g/mol. The fourth-order valence-electron chi connectivity index (χ4n) is 3.30. The van der Waals surface area contributed by atoms with Crippen LogP contribution in [0.15, 0.2) is 18.2 Å². The smallest absolute Gasteiger partial charge is 0.307 e. The highest BCUT2D eigenvalue weighted by molar-refractivity contribution is 6.30. The van der Waals surface area contributed by atoms with Crippen LogP contribution < -0.4 is 5.32 Å². The zero-order chi connectivity index (χ0) is 21.0. The second kappa shape index (κ2) is 9.09. The second-order valence-corrected chi connectivity index (χ2v) is 7.32. The second-order valence-electron chi connectivity index (χ2n) is 6.88. The maximum atomic E-state index is 13.7. The van der Waals surface area contributed by atoms with E-state index >= 15 is 0 Å². The van der Waals surface area contributed by atoms with Gasteiger partial charge in [-0.1, -0.05) is 18.5 Å². The van der Waals surface area contributed by atoms with E-state index < -0.39 is 47.1 Å². The lowest BCUT2D eigenvalue weighted by molar-refractivity contribution is -0.490. The van der Waals surface area contributed by atoms with Crippen LogP contribution in [-0.4, -0.2) is 35.2 Å². The number of ketones is 1. The number of Topliss-reactive ketones (excluding diaryl/α,β-unsaturated/α-hetero) is 1. The predicted molar refractivity (Wildman–Crippen MR) is 97.8 cm³/mol. The van der Waals surface area contributed by atoms with Gasteiger partial charge in [0.1, 0.15) is 11.6 Å². The van der Waals surface area contributed by atoms with Gasteiger partial charge in [0, 0.05) is 28.2 Å². The van der Waals surface area contributed by atoms with E-state index in [0.29, 0.717) is 0 Å². The van der Waals surface area contributed by atoms with E-state index in [4.69, 9.17) is 16.3 Å². The molecule has 1 aromatic rings. The van der Waals surface area contributed by atoms with E-state index in [1.165, 1.54) is 19.1 Å². The number of benzene rings is 1. The number of nitro groups is 1. The zero-order valence-corrected chi connectivity index (χ0v) is 16.1. The van der Waals surface area contributed by atoms with Crippen LogP contribution >= 0.6 is 11.6 Å². The van der Waals surface area contributed by atoms with Gasteiger partial charge in [-0.05, 0) is 31.0 Å². The predicted octanol–water partition coefficient (Wildman–Crippen LogP) is 2.86. The van der Waals surface area contributed by atoms with Crippen molar-refractivity contribution < 1.29 is 28.4 Å². The molecule has 0 radical (unpaired) electrons. The molecule has 1 saturated carbocycles. The molecule has 28 heavy (non-hydrogen) atoms. The molecule has 0 heterocycles. The monoisotopic (exact) mass is 414 g/mol. The topological polar surface area (TPSA) is 116 Å². The van der Waals surface area contributed by atoms with Gasteiger partial charge in [0.05, 0.1) is 12.1 Å². The fraction of sp³-hybridized carbons (Fsp3) is 0.500. The van der Waals surface area contributed by atoms with Gasteiger partial charge in [0.25, 0.3) is 5.91 Å². The summed E-state index contributed by atoms with van der Waals surface area (Å²) in [5.41, 5.74) is -0.122. The van der Waals surface area contributed by atoms with Gasteiger partial charge in [-0.2, -0.15) is 0 Å². The molecule has 0 unspecified atom stereocenters. The minimum absolute atomic E-state index is 0.122. The maximum absolute atomic E-state index is 13.7. The van der Waals surface area contributed by atoms with Gasteiger partial charge < -0.3 is 10.1 Å². The molecule has 10 heteroatoms. The quantitative estimate of drug-likeness (QED) is 0.416. The molecule has 1 amide bonds. The van der Waals surface area contributed by atoms with Crippen LogP contribution in [0.3, 0.4) is 0 Å². The van der Waals surface area contributed by atoms with E-state index in [2.05, 4.69) is 5.32 Å². The first-order chi connectivity index (χ1) is 13.1. The number of hydrogen-bond donors (Lipinski definition) is 1. The van der Waals surface area contributed by atoms with Gasteiger partial charge in [0.2, 0.25) is 6.54 Å². The third-order valence-electron chi connectivity index (χ3n) is 4.80. The van der Waals surface area contributed by atoms with E-state index in [-0.39, 0.29) is 35.3 Å². The normalized spacial score (nSPS) is 22.6. The summed E-state index contributed by atoms with van der Waals surface area (Å²) in [6.45, 7) is 2.62. The van der Waals surface area contributed by atoms with Crippen LogP contribution in [0.25, 0.3) is 0 Å². The molecule has 0 spiro atoms. The molecule has 1 N–H and O–H groups in total. The van der Waals surface area contributed by atoms with E-state index in [1.54, 1.807) is 6.92 Å². The Morgan fingerprint density at radius 2 is 2.14 bits per heavy atom. The third-order valence-corrected chi connectivity index (χ3v) is 5.03. The van der Waals surface area contributed by atoms with Crippen molar-refractivity contribution >= 4 is 34.9 Å². The van der Waals surface area contributed by atoms with Crippen molar-refractivity contribution in [1.29, 1.82) is 0 Å². The highest BCUT2D eigenvalue weighted by atomic mass is 35.5. The van der Waals surface area contributed by atoms with Crippen LogP contribution in [0.4, 0.5) is 10.1 Å². The van der Waals surface area contributed by atoms with Crippen LogP contribution in [0.5, 0.6) is 0 Å². The Balaban J connectivity index is 1.94. The van der Waals surface area contributed by atoms with Crippen molar-refractivity contribution in [3.63, 3.8) is 0 Å². The molecule has 0 aromatic heterocycles. The number of amides is 1. The largest absolute Gasteiger partial charge is 0.453 e. The lowest BCUT2D eigenvalue weighted by atomic mass is 9.88. The Morgan fingerprint density at radius 1 is 1.46 bits per heavy atom. The molecular weight excluding hydrogens is 395 g/mol. The molecule has 1 aromatic carbocycles. The van der Waals surface area contributed by atoms with Gasteiger partial charge in [-0.3, -0.25) is 24.5 Å². The minimum Gasteiger partial charge on any atom is -0.453 e. The molecule has 1 aliphatic carbocycles. The van der Waals surface area contributed by atoms with Crippen molar-refractivity contribution in [1.82, 2.24) is 0 Å². The highest BCUT2D eigenvalue weighted by Crippen LogP contribution is 2.36. The number of halogens is 2. The molecule has 1 aliphatic rings. The van der Waals surface area contributed by atoms with E-state index in [0.717, 1.165) is 6.07 Å². The van der Waals surface area contributed by atoms with Gasteiger partial charge in [-0.15, -0.1) is 0 Å². The van der Waals surface area contributed by atoms with Crippen molar-refractivity contribution in [2.75, 3.05) is 11.9 Å². The number of nitrogens with zero attached hydrogens (tertiary/aromatic N) is 1. The lowest BCUT2D eigenvalue weighted by Gasteiger charge is -2.18. The SMILES string of the molecule is C[C@H](OC(=O)C[C@@H]1C(=O)C[C@@H](C)[C@H]1C[N+](=O)[O-])C(=O)Nc1ccc(Cl)cc1F. The Morgan fingerprint density at radius 3 is 2.75 bits per heavy atom. The molecule has 152 valence electrons. The van der Waals surface area contributed by atoms with Gasteiger partial charge in [0.15, 0.2) is 6.10 Å². The van der Waals surface area contributed by atoms with Gasteiger partial charge in [-0.25, -0.2) is 4.39 Å². The number of hydrogen-bond acceptors (Lipinski definition) is 6. The molecule has 0 aliphatic heterocycles. The molecule has 2 rings (SSSR count). The molecule has 4 atom stereocenters. The summed E-state index contributed by atoms with van der Waals surface area (Å²) in [5, 5.41) is 13.3. The summed E-state index contributed by atoms with van der Waals surface area (Å²) >= 11 is 5.64. The number of ether oxygens (including phenoxy) is 1. The Bertz CT molecular complexity index is 802. The third kappa shape index (κ3) is 5.48. The Hall–Kier alpha value is -2.55. The van der Waals surface area contributed by atoms with Crippen LogP contribution in [0.2, 0.25) is 5.02 Å². The summed E-state index contributed by atoms with van der Waals surface area (Å²) in [5.74, 6) is -4.12. The van der Waals surface area contributed by atoms with Crippen LogP contribution in [0, 0.1) is 33.7 Å². The fourth-order valence-corrected chi connectivity index (χ4v) is 3.46. The molecule has 1 fully saturated rings. The van der Waals surface area contributed by atoms with Crippen LogP contribution in [-0.2, 0) is 19.1 Å². The summed E-state index contributed by atoms with van der Waals surface area (Å²) in [7, 11) is 0. The number of carbonyl (C=O) groups is 3. The van der Waals surface area contributed by atoms with Crippen molar-refractivity contribution in [3.05, 3.63) is 39.2 Å². The highest BCUT2D eigenvalue weighted by Gasteiger charge is 2.44. The minimum atomic E-state index is -1.24. The Kier molecular flexibility index (Phi) is 7.06. The number of anilines is 1. The maximum Gasteiger partial charge on any atom is 0.307 e. The van der Waals surface area contributed by atoms with E-state index in [9.17, 15) is 28.9 Å². The van der Waals surface area contributed by atoms with Crippen molar-refractivity contribution in [3.8, 4) is 0 Å². The van der Waals surface area contributed by atoms with E-state index in [1.807, 2.05) is 0 Å². The number of nitrogens with one attached hydrogen (secondary N) is 1. The van der Waals surface area contributed by atoms with Crippen molar-refractivity contribution in [2.45, 2.75) is 32.8 Å². The number of carbonyl (C=O) groups excluding carboxylic acids is 3. The zero-order valence-electron chi connectivity index (χ0n) is 15.3. The summed E-state index contributed by atoms with van der Waals surface area (Å²) in [6, 6.07) is 3.68. The molecule has 0 bridgehead atoms. The summed E-state index contributed by atoms with van der Waals surface area (Å²) in [6.07, 6.45) is -1.41. The molecule has 8 nitrogen and oxygen atoms in total. The first-order valence-corrected chi connectivity index (χ1v) is 9.06. The van der Waals surface area contributed by atoms with Crippen LogP contribution in [0.1, 0.15) is 26.7 Å². The molecular formula is C18H20ClFN2O6.